The summed E-state index contributed by atoms with van der Waals surface area (Å²) < 4.78 is 0. The Bertz CT molecular complexity index is 2060. The van der Waals surface area contributed by atoms with Crippen molar-refractivity contribution in [2.75, 3.05) is 0 Å². The third-order valence-electron chi connectivity index (χ3n) is 9.10. The van der Waals surface area contributed by atoms with E-state index in [1.165, 1.54) is 89.4 Å². The Hall–Kier alpha value is -5.59. The van der Waals surface area contributed by atoms with Gasteiger partial charge in [-0.15, -0.1) is 0 Å². The Morgan fingerprint density at radius 1 is 0.319 bits per heavy atom. The molecule has 226 valence electrons. The van der Waals surface area contributed by atoms with Gasteiger partial charge in [0.15, 0.2) is 0 Å². The van der Waals surface area contributed by atoms with Gasteiger partial charge in [-0.25, -0.2) is 0 Å². The van der Waals surface area contributed by atoms with Gasteiger partial charge in [-0.05, 0) is 111 Å². The van der Waals surface area contributed by atoms with Gasteiger partial charge < -0.3 is 0 Å². The number of hydrogen-bond donors (Lipinski definition) is 0. The molecule has 0 atom stereocenters. The fourth-order valence-electron chi connectivity index (χ4n) is 6.58. The number of aryl methyl sites for hydroxylation is 4. The molecule has 0 heterocycles. The van der Waals surface area contributed by atoms with E-state index >= 15 is 0 Å². The summed E-state index contributed by atoms with van der Waals surface area (Å²) in [6.07, 6.45) is 0. The Kier molecular flexibility index (Phi) is 8.34. The van der Waals surface area contributed by atoms with Gasteiger partial charge in [0.2, 0.25) is 0 Å². The lowest BCUT2D eigenvalue weighted by molar-refractivity contribution is 1.23. The minimum absolute atomic E-state index is 1.19. The van der Waals surface area contributed by atoms with Crippen molar-refractivity contribution in [3.05, 3.63) is 209 Å². The van der Waals surface area contributed by atoms with Crippen LogP contribution < -0.4 is 0 Å². The highest BCUT2D eigenvalue weighted by atomic mass is 14.3. The second kappa shape index (κ2) is 13.0. The standard InChI is InChI=1S/C47H39/c1-32-15-23-36(24-16-32)42-31-43(44(37-11-7-5-8-12-37)38-13-9-6-10-14-38)46(40-27-19-34(3)20-28-40)47(41-29-21-35(4)22-30-41)45(42)39-25-17-33(2)18-26-39/h5-31H,1-4H3/q+1. The molecule has 0 aliphatic rings. The van der Waals surface area contributed by atoms with Crippen molar-refractivity contribution in [1.29, 1.82) is 0 Å². The van der Waals surface area contributed by atoms with Gasteiger partial charge in [-0.3, -0.25) is 0 Å². The fourth-order valence-corrected chi connectivity index (χ4v) is 6.58. The normalized spacial score (nSPS) is 11.0. The Morgan fingerprint density at radius 2 is 0.660 bits per heavy atom. The lowest BCUT2D eigenvalue weighted by Crippen LogP contribution is -2.09. The van der Waals surface area contributed by atoms with E-state index in [4.69, 9.17) is 0 Å². The van der Waals surface area contributed by atoms with Crippen LogP contribution in [0.3, 0.4) is 0 Å². The largest absolute Gasteiger partial charge is 0.0638 e. The van der Waals surface area contributed by atoms with Crippen molar-refractivity contribution >= 4 is 0 Å². The maximum Gasteiger partial charge on any atom is 0.0638 e. The second-order valence-corrected chi connectivity index (χ2v) is 12.7. The van der Waals surface area contributed by atoms with E-state index < -0.39 is 0 Å². The van der Waals surface area contributed by atoms with Crippen molar-refractivity contribution in [3.63, 3.8) is 0 Å². The first kappa shape index (κ1) is 30.1. The number of rotatable bonds is 7. The van der Waals surface area contributed by atoms with E-state index in [0.717, 1.165) is 0 Å². The van der Waals surface area contributed by atoms with E-state index in [9.17, 15) is 0 Å². The Morgan fingerprint density at radius 3 is 1.06 bits per heavy atom. The third kappa shape index (κ3) is 6.16. The Balaban J connectivity index is 1.71. The number of hydrogen-bond acceptors (Lipinski definition) is 0. The van der Waals surface area contributed by atoms with Crippen LogP contribution in [0.1, 0.15) is 38.9 Å². The van der Waals surface area contributed by atoms with Crippen molar-refractivity contribution in [1.82, 2.24) is 0 Å². The predicted molar refractivity (Wildman–Crippen MR) is 201 cm³/mol. The van der Waals surface area contributed by atoms with Gasteiger partial charge in [-0.2, -0.15) is 0 Å². The summed E-state index contributed by atoms with van der Waals surface area (Å²) in [5.74, 6) is 1.22. The first-order valence-corrected chi connectivity index (χ1v) is 16.4. The van der Waals surface area contributed by atoms with Gasteiger partial charge in [0.05, 0.1) is 22.6 Å². The van der Waals surface area contributed by atoms with Crippen LogP contribution in [0.25, 0.3) is 44.5 Å². The maximum atomic E-state index is 2.46. The van der Waals surface area contributed by atoms with Crippen molar-refractivity contribution in [3.8, 4) is 44.5 Å². The van der Waals surface area contributed by atoms with Crippen LogP contribution in [0.5, 0.6) is 0 Å². The van der Waals surface area contributed by atoms with Crippen LogP contribution in [-0.4, -0.2) is 0 Å². The monoisotopic (exact) mass is 603 g/mol. The molecule has 0 aliphatic heterocycles. The molecule has 47 heavy (non-hydrogen) atoms. The second-order valence-electron chi connectivity index (χ2n) is 12.7. The lowest BCUT2D eigenvalue weighted by atomic mass is 9.74. The van der Waals surface area contributed by atoms with Gasteiger partial charge in [0, 0.05) is 27.8 Å². The van der Waals surface area contributed by atoms with Crippen LogP contribution in [0.15, 0.2) is 164 Å². The van der Waals surface area contributed by atoms with Crippen molar-refractivity contribution in [2.45, 2.75) is 27.7 Å². The van der Waals surface area contributed by atoms with Crippen LogP contribution >= 0.6 is 0 Å². The molecule has 7 aromatic rings. The van der Waals surface area contributed by atoms with Crippen LogP contribution in [-0.2, 0) is 0 Å². The van der Waals surface area contributed by atoms with E-state index in [2.05, 4.69) is 191 Å². The molecule has 0 unspecified atom stereocenters. The van der Waals surface area contributed by atoms with Gasteiger partial charge in [0.25, 0.3) is 0 Å². The smallest absolute Gasteiger partial charge is 0.0587 e. The molecule has 0 aliphatic carbocycles. The summed E-state index contributed by atoms with van der Waals surface area (Å²) in [4.78, 5) is 0. The summed E-state index contributed by atoms with van der Waals surface area (Å²) in [5.41, 5.74) is 18.4. The zero-order chi connectivity index (χ0) is 32.3. The SMILES string of the molecule is Cc1ccc(-c2cc([C+](c3ccccc3)c3ccccc3)c(-c3ccc(C)cc3)c(-c3ccc(C)cc3)c2-c2ccc(C)cc2)cc1. The van der Waals surface area contributed by atoms with E-state index in [0.29, 0.717) is 0 Å². The molecule has 0 radical (unpaired) electrons. The molecule has 0 saturated heterocycles. The van der Waals surface area contributed by atoms with Crippen LogP contribution in [0.2, 0.25) is 0 Å². The summed E-state index contributed by atoms with van der Waals surface area (Å²) >= 11 is 0. The summed E-state index contributed by atoms with van der Waals surface area (Å²) in [6, 6.07) is 60.4. The predicted octanol–water partition coefficient (Wildman–Crippen LogP) is 12.6. The average molecular weight is 604 g/mol. The minimum atomic E-state index is 1.19. The highest BCUT2D eigenvalue weighted by Crippen LogP contribution is 2.51. The molecule has 7 aromatic carbocycles. The van der Waals surface area contributed by atoms with E-state index in [1.807, 2.05) is 0 Å². The fraction of sp³-hybridized carbons (Fsp3) is 0.0851. The maximum absolute atomic E-state index is 2.46. The molecule has 7 rings (SSSR count). The quantitative estimate of drug-likeness (QED) is 0.126. The molecule has 0 amide bonds. The zero-order valence-electron chi connectivity index (χ0n) is 27.6. The highest BCUT2D eigenvalue weighted by Gasteiger charge is 2.32. The molecule has 0 spiro atoms. The molecule has 0 aromatic heterocycles. The Labute approximate surface area is 280 Å². The van der Waals surface area contributed by atoms with Crippen LogP contribution in [0.4, 0.5) is 0 Å². The van der Waals surface area contributed by atoms with Crippen molar-refractivity contribution < 1.29 is 0 Å². The molecule has 0 nitrogen and oxygen atoms in total. The molecule has 0 fully saturated rings. The summed E-state index contributed by atoms with van der Waals surface area (Å²) in [5, 5.41) is 0. The molecule has 0 bridgehead atoms. The summed E-state index contributed by atoms with van der Waals surface area (Å²) in [6.45, 7) is 8.64. The first-order chi connectivity index (χ1) is 23.0. The average Bonchev–Trinajstić information content (AvgIpc) is 3.10. The van der Waals surface area contributed by atoms with Gasteiger partial charge in [-0.1, -0.05) is 119 Å². The molecule has 0 saturated carbocycles. The van der Waals surface area contributed by atoms with Gasteiger partial charge in [0.1, 0.15) is 0 Å². The lowest BCUT2D eigenvalue weighted by Gasteiger charge is -2.25. The highest BCUT2D eigenvalue weighted by molar-refractivity contribution is 6.04. The third-order valence-corrected chi connectivity index (χ3v) is 9.10. The minimum Gasteiger partial charge on any atom is -0.0587 e. The topological polar surface area (TPSA) is 0 Å². The van der Waals surface area contributed by atoms with Gasteiger partial charge >= 0.3 is 0 Å². The van der Waals surface area contributed by atoms with Crippen molar-refractivity contribution in [2.24, 2.45) is 0 Å². The van der Waals surface area contributed by atoms with E-state index in [1.54, 1.807) is 0 Å². The molecule has 0 N–H and O–H groups in total. The molecular weight excluding hydrogens is 565 g/mol. The zero-order valence-corrected chi connectivity index (χ0v) is 27.6. The summed E-state index contributed by atoms with van der Waals surface area (Å²) in [7, 11) is 0. The molecule has 0 heteroatoms. The molecular formula is C47H39+. The van der Waals surface area contributed by atoms with E-state index in [-0.39, 0.29) is 0 Å². The number of benzene rings is 7. The van der Waals surface area contributed by atoms with Crippen LogP contribution in [0, 0.1) is 33.6 Å². The first-order valence-electron chi connectivity index (χ1n) is 16.4.